The molecule has 2 aliphatic heterocycles. The van der Waals surface area contributed by atoms with E-state index in [2.05, 4.69) is 11.9 Å². The third-order valence-corrected chi connectivity index (χ3v) is 6.85. The fraction of sp³-hybridized carbons (Fsp3) is 0.909. The highest BCUT2D eigenvalue weighted by molar-refractivity contribution is 8.18. The van der Waals surface area contributed by atoms with Gasteiger partial charge in [0, 0.05) is 27.0 Å². The number of hydrogen-bond acceptors (Lipinski definition) is 5. The number of ether oxygens (including phenoxy) is 2. The summed E-state index contributed by atoms with van der Waals surface area (Å²) >= 11 is 3.76. The van der Waals surface area contributed by atoms with Crippen LogP contribution in [0.1, 0.15) is 26.2 Å². The quantitative estimate of drug-likeness (QED) is 0.765. The minimum atomic E-state index is -0.252. The van der Waals surface area contributed by atoms with E-state index in [0.717, 1.165) is 30.2 Å². The van der Waals surface area contributed by atoms with Gasteiger partial charge in [0.15, 0.2) is 15.8 Å². The van der Waals surface area contributed by atoms with E-state index in [-0.39, 0.29) is 9.87 Å². The SMILES string of the molecule is CN=C1CCC(C)(C2(OC)SCCCS2)O1. The van der Waals surface area contributed by atoms with Crippen LogP contribution >= 0.6 is 23.5 Å². The van der Waals surface area contributed by atoms with Gasteiger partial charge in [0.25, 0.3) is 0 Å². The van der Waals surface area contributed by atoms with E-state index in [1.165, 1.54) is 6.42 Å². The van der Waals surface area contributed by atoms with Crippen LogP contribution in [0.15, 0.2) is 4.99 Å². The predicted octanol–water partition coefficient (Wildman–Crippen LogP) is 2.75. The number of rotatable bonds is 2. The highest BCUT2D eigenvalue weighted by Crippen LogP contribution is 2.54. The maximum Gasteiger partial charge on any atom is 0.200 e. The maximum atomic E-state index is 6.02. The first-order valence-corrected chi connectivity index (χ1v) is 7.61. The minimum absolute atomic E-state index is 0.244. The Morgan fingerprint density at radius 2 is 2.06 bits per heavy atom. The van der Waals surface area contributed by atoms with Gasteiger partial charge >= 0.3 is 0 Å². The molecular formula is C11H19NO2S2. The molecule has 2 fully saturated rings. The maximum absolute atomic E-state index is 6.02. The van der Waals surface area contributed by atoms with E-state index in [1.807, 2.05) is 23.5 Å². The normalized spacial score (nSPS) is 36.3. The Balaban J connectivity index is 2.20. The first-order chi connectivity index (χ1) is 7.66. The summed E-state index contributed by atoms with van der Waals surface area (Å²) in [5.41, 5.74) is -0.244. The van der Waals surface area contributed by atoms with Crippen molar-refractivity contribution in [3.05, 3.63) is 0 Å². The second kappa shape index (κ2) is 4.78. The third-order valence-electron chi connectivity index (χ3n) is 3.20. The summed E-state index contributed by atoms with van der Waals surface area (Å²) in [6.45, 7) is 2.15. The lowest BCUT2D eigenvalue weighted by Crippen LogP contribution is -2.50. The van der Waals surface area contributed by atoms with E-state index in [4.69, 9.17) is 9.47 Å². The first-order valence-electron chi connectivity index (χ1n) is 5.63. The molecule has 0 aliphatic carbocycles. The van der Waals surface area contributed by atoms with E-state index < -0.39 is 0 Å². The average Bonchev–Trinajstić information content (AvgIpc) is 2.74. The van der Waals surface area contributed by atoms with Gasteiger partial charge in [0.1, 0.15) is 0 Å². The Labute approximate surface area is 106 Å². The third kappa shape index (κ3) is 1.97. The van der Waals surface area contributed by atoms with Gasteiger partial charge in [-0.3, -0.25) is 4.99 Å². The second-order valence-corrected chi connectivity index (χ2v) is 7.06. The summed E-state index contributed by atoms with van der Waals surface area (Å²) in [5.74, 6) is 3.17. The Kier molecular flexibility index (Phi) is 3.76. The molecule has 0 aromatic rings. The standard InChI is InChI=1S/C11H19NO2S2/c1-10(6-5-9(12-2)14-10)11(13-3)15-7-4-8-16-11/h4-8H2,1-3H3. The minimum Gasteiger partial charge on any atom is -0.470 e. The smallest absolute Gasteiger partial charge is 0.200 e. The molecule has 5 heteroatoms. The van der Waals surface area contributed by atoms with Crippen molar-refractivity contribution in [3.8, 4) is 0 Å². The number of nitrogens with zero attached hydrogens (tertiary/aromatic N) is 1. The summed E-state index contributed by atoms with van der Waals surface area (Å²) in [6, 6.07) is 0. The highest BCUT2D eigenvalue weighted by atomic mass is 32.2. The lowest BCUT2D eigenvalue weighted by Gasteiger charge is -2.45. The molecule has 2 aliphatic rings. The van der Waals surface area contributed by atoms with Crippen LogP contribution in [0.2, 0.25) is 0 Å². The average molecular weight is 261 g/mol. The van der Waals surface area contributed by atoms with Crippen molar-refractivity contribution in [2.45, 2.75) is 36.1 Å². The van der Waals surface area contributed by atoms with Gasteiger partial charge in [0.2, 0.25) is 0 Å². The van der Waals surface area contributed by atoms with E-state index in [9.17, 15) is 0 Å². The van der Waals surface area contributed by atoms with Gasteiger partial charge in [-0.05, 0) is 24.9 Å². The lowest BCUT2D eigenvalue weighted by molar-refractivity contribution is -0.0312. The molecule has 2 rings (SSSR count). The monoisotopic (exact) mass is 261 g/mol. The fourth-order valence-corrected chi connectivity index (χ4v) is 5.50. The predicted molar refractivity (Wildman–Crippen MR) is 71.4 cm³/mol. The van der Waals surface area contributed by atoms with E-state index >= 15 is 0 Å². The van der Waals surface area contributed by atoms with Gasteiger partial charge < -0.3 is 9.47 Å². The Morgan fingerprint density at radius 1 is 1.38 bits per heavy atom. The van der Waals surface area contributed by atoms with Crippen LogP contribution in [0, 0.1) is 0 Å². The number of methoxy groups -OCH3 is 1. The van der Waals surface area contributed by atoms with Crippen LogP contribution in [0.25, 0.3) is 0 Å². The molecule has 1 unspecified atom stereocenters. The van der Waals surface area contributed by atoms with Crippen molar-refractivity contribution in [2.75, 3.05) is 25.7 Å². The lowest BCUT2D eigenvalue weighted by atomic mass is 10.0. The zero-order chi connectivity index (χ0) is 11.6. The Morgan fingerprint density at radius 3 is 2.56 bits per heavy atom. The molecule has 2 heterocycles. The van der Waals surface area contributed by atoms with Gasteiger partial charge in [0.05, 0.1) is 0 Å². The molecule has 0 radical (unpaired) electrons. The molecule has 0 bridgehead atoms. The van der Waals surface area contributed by atoms with Gasteiger partial charge in [-0.1, -0.05) is 0 Å². The van der Waals surface area contributed by atoms with Crippen LogP contribution in [0.4, 0.5) is 0 Å². The zero-order valence-corrected chi connectivity index (χ0v) is 11.7. The summed E-state index contributed by atoms with van der Waals surface area (Å²) in [4.78, 5) is 4.16. The molecule has 0 N–H and O–H groups in total. The van der Waals surface area contributed by atoms with E-state index in [1.54, 1.807) is 14.2 Å². The van der Waals surface area contributed by atoms with Gasteiger partial charge in [-0.15, -0.1) is 23.5 Å². The van der Waals surface area contributed by atoms with Crippen molar-refractivity contribution >= 4 is 29.4 Å². The van der Waals surface area contributed by atoms with Gasteiger partial charge in [-0.2, -0.15) is 0 Å². The molecule has 0 spiro atoms. The van der Waals surface area contributed by atoms with Gasteiger partial charge in [-0.25, -0.2) is 0 Å². The van der Waals surface area contributed by atoms with Crippen molar-refractivity contribution in [3.63, 3.8) is 0 Å². The molecule has 0 aromatic heterocycles. The van der Waals surface area contributed by atoms with Crippen molar-refractivity contribution in [2.24, 2.45) is 4.99 Å². The molecule has 16 heavy (non-hydrogen) atoms. The molecule has 2 saturated heterocycles. The molecule has 3 nitrogen and oxygen atoms in total. The van der Waals surface area contributed by atoms with Crippen LogP contribution < -0.4 is 0 Å². The first kappa shape index (κ1) is 12.6. The number of thioether (sulfide) groups is 2. The van der Waals surface area contributed by atoms with Crippen LogP contribution in [0.5, 0.6) is 0 Å². The molecule has 1 atom stereocenters. The Bertz CT molecular complexity index is 290. The second-order valence-electron chi connectivity index (χ2n) is 4.26. The number of hydrogen-bond donors (Lipinski definition) is 0. The van der Waals surface area contributed by atoms with Crippen molar-refractivity contribution in [1.29, 1.82) is 0 Å². The molecule has 0 amide bonds. The van der Waals surface area contributed by atoms with Crippen molar-refractivity contribution < 1.29 is 9.47 Å². The summed E-state index contributed by atoms with van der Waals surface area (Å²) in [5, 5.41) is 0. The van der Waals surface area contributed by atoms with Crippen LogP contribution in [-0.2, 0) is 9.47 Å². The van der Waals surface area contributed by atoms with Crippen LogP contribution in [0.3, 0.4) is 0 Å². The summed E-state index contributed by atoms with van der Waals surface area (Å²) in [6.07, 6.45) is 3.18. The number of aliphatic imine (C=N–C) groups is 1. The topological polar surface area (TPSA) is 30.8 Å². The molecular weight excluding hydrogens is 242 g/mol. The Hall–Kier alpha value is 0.130. The highest BCUT2D eigenvalue weighted by Gasteiger charge is 2.55. The molecule has 0 aromatic carbocycles. The zero-order valence-electron chi connectivity index (χ0n) is 10.1. The fourth-order valence-electron chi connectivity index (χ4n) is 2.23. The summed E-state index contributed by atoms with van der Waals surface area (Å²) in [7, 11) is 3.59. The van der Waals surface area contributed by atoms with Crippen LogP contribution in [-0.4, -0.2) is 41.4 Å². The van der Waals surface area contributed by atoms with Crippen molar-refractivity contribution in [1.82, 2.24) is 0 Å². The largest absolute Gasteiger partial charge is 0.470 e. The van der Waals surface area contributed by atoms with E-state index in [0.29, 0.717) is 0 Å². The molecule has 0 saturated carbocycles. The summed E-state index contributed by atoms with van der Waals surface area (Å²) < 4.78 is 11.6. The molecule has 92 valence electrons.